The fourth-order valence-corrected chi connectivity index (χ4v) is 2.82. The second kappa shape index (κ2) is 9.42. The zero-order chi connectivity index (χ0) is 20.0. The summed E-state index contributed by atoms with van der Waals surface area (Å²) in [4.78, 5) is 25.5. The number of halogens is 1. The second-order valence-corrected chi connectivity index (χ2v) is 6.93. The standard InChI is InChI=1S/C21H25ClN2O3/c1-5-27-18-12-7-6-9-15(18)20(25)24-19(13(2)3)21(26)23-17-11-8-10-16(22)14(17)4/h6-13,19H,5H2,1-4H3,(H,23,26)(H,24,25)/t19-/m0/s1. The van der Waals surface area contributed by atoms with Gasteiger partial charge in [-0.15, -0.1) is 0 Å². The van der Waals surface area contributed by atoms with E-state index in [2.05, 4.69) is 10.6 Å². The minimum atomic E-state index is -0.703. The van der Waals surface area contributed by atoms with E-state index in [0.29, 0.717) is 28.6 Å². The molecule has 0 fully saturated rings. The van der Waals surface area contributed by atoms with Gasteiger partial charge in [-0.25, -0.2) is 0 Å². The molecule has 0 radical (unpaired) electrons. The predicted molar refractivity (Wildman–Crippen MR) is 109 cm³/mol. The van der Waals surface area contributed by atoms with Gasteiger partial charge >= 0.3 is 0 Å². The van der Waals surface area contributed by atoms with Gasteiger partial charge in [0.05, 0.1) is 12.2 Å². The van der Waals surface area contributed by atoms with Crippen molar-refractivity contribution in [3.8, 4) is 5.75 Å². The lowest BCUT2D eigenvalue weighted by Crippen LogP contribution is -2.47. The summed E-state index contributed by atoms with van der Waals surface area (Å²) in [5.74, 6) is -0.257. The number of rotatable bonds is 7. The van der Waals surface area contributed by atoms with Crippen LogP contribution in [0.15, 0.2) is 42.5 Å². The van der Waals surface area contributed by atoms with E-state index in [1.807, 2.05) is 27.7 Å². The van der Waals surface area contributed by atoms with Crippen molar-refractivity contribution in [1.29, 1.82) is 0 Å². The van der Waals surface area contributed by atoms with Crippen LogP contribution in [0, 0.1) is 12.8 Å². The molecule has 0 aliphatic rings. The summed E-state index contributed by atoms with van der Waals surface area (Å²) in [6, 6.07) is 11.6. The maximum absolute atomic E-state index is 12.8. The number of ether oxygens (including phenoxy) is 1. The first kappa shape index (κ1) is 20.8. The van der Waals surface area contributed by atoms with E-state index in [9.17, 15) is 9.59 Å². The number of hydrogen-bond acceptors (Lipinski definition) is 3. The molecule has 2 rings (SSSR count). The molecular formula is C21H25ClN2O3. The largest absolute Gasteiger partial charge is 0.493 e. The van der Waals surface area contributed by atoms with Crippen LogP contribution in [0.3, 0.4) is 0 Å². The summed E-state index contributed by atoms with van der Waals surface area (Å²) >= 11 is 6.12. The minimum Gasteiger partial charge on any atom is -0.493 e. The molecule has 0 aliphatic heterocycles. The Bertz CT molecular complexity index is 821. The van der Waals surface area contributed by atoms with E-state index in [4.69, 9.17) is 16.3 Å². The van der Waals surface area contributed by atoms with Crippen molar-refractivity contribution in [3.63, 3.8) is 0 Å². The number of hydrogen-bond donors (Lipinski definition) is 2. The molecule has 0 bridgehead atoms. The van der Waals surface area contributed by atoms with E-state index in [1.165, 1.54) is 0 Å². The number of anilines is 1. The molecule has 2 amide bonds. The molecule has 0 heterocycles. The van der Waals surface area contributed by atoms with Crippen molar-refractivity contribution in [2.24, 2.45) is 5.92 Å². The Labute approximate surface area is 165 Å². The van der Waals surface area contributed by atoms with Crippen LogP contribution < -0.4 is 15.4 Å². The number of benzene rings is 2. The zero-order valence-electron chi connectivity index (χ0n) is 16.0. The monoisotopic (exact) mass is 388 g/mol. The van der Waals surface area contributed by atoms with E-state index in [-0.39, 0.29) is 17.7 Å². The van der Waals surface area contributed by atoms with Gasteiger partial charge in [0.25, 0.3) is 5.91 Å². The van der Waals surface area contributed by atoms with Gasteiger partial charge in [-0.2, -0.15) is 0 Å². The van der Waals surface area contributed by atoms with Gasteiger partial charge in [0.2, 0.25) is 5.91 Å². The highest BCUT2D eigenvalue weighted by Crippen LogP contribution is 2.24. The Hall–Kier alpha value is -2.53. The molecular weight excluding hydrogens is 364 g/mol. The number of carbonyl (C=O) groups is 2. The van der Waals surface area contributed by atoms with Gasteiger partial charge in [-0.3, -0.25) is 9.59 Å². The lowest BCUT2D eigenvalue weighted by atomic mass is 10.0. The van der Waals surface area contributed by atoms with Crippen LogP contribution in [-0.4, -0.2) is 24.5 Å². The normalized spacial score (nSPS) is 11.8. The molecule has 2 N–H and O–H groups in total. The van der Waals surface area contributed by atoms with Crippen LogP contribution in [0.25, 0.3) is 0 Å². The van der Waals surface area contributed by atoms with E-state index in [0.717, 1.165) is 5.56 Å². The van der Waals surface area contributed by atoms with Crippen LogP contribution in [0.2, 0.25) is 5.02 Å². The number of amides is 2. The molecule has 6 heteroatoms. The number of para-hydroxylation sites is 1. The first-order valence-electron chi connectivity index (χ1n) is 8.93. The van der Waals surface area contributed by atoms with Gasteiger partial charge in [-0.1, -0.05) is 43.6 Å². The Morgan fingerprint density at radius 1 is 1.11 bits per heavy atom. The van der Waals surface area contributed by atoms with Crippen molar-refractivity contribution in [2.75, 3.05) is 11.9 Å². The van der Waals surface area contributed by atoms with Crippen LogP contribution >= 0.6 is 11.6 Å². The lowest BCUT2D eigenvalue weighted by molar-refractivity contribution is -0.118. The van der Waals surface area contributed by atoms with Gasteiger partial charge in [0.15, 0.2) is 0 Å². The molecule has 0 aliphatic carbocycles. The molecule has 144 valence electrons. The molecule has 0 aromatic heterocycles. The molecule has 0 unspecified atom stereocenters. The molecule has 5 nitrogen and oxygen atoms in total. The quantitative estimate of drug-likeness (QED) is 0.736. The Kier molecular flexibility index (Phi) is 7.25. The Morgan fingerprint density at radius 3 is 2.48 bits per heavy atom. The van der Waals surface area contributed by atoms with Crippen LogP contribution in [0.4, 0.5) is 5.69 Å². The van der Waals surface area contributed by atoms with E-state index in [1.54, 1.807) is 42.5 Å². The van der Waals surface area contributed by atoms with E-state index >= 15 is 0 Å². The third-order valence-corrected chi connectivity index (χ3v) is 4.60. The molecule has 2 aromatic carbocycles. The van der Waals surface area contributed by atoms with Crippen molar-refractivity contribution in [3.05, 3.63) is 58.6 Å². The summed E-state index contributed by atoms with van der Waals surface area (Å²) in [5, 5.41) is 6.25. The highest BCUT2D eigenvalue weighted by molar-refractivity contribution is 6.31. The van der Waals surface area contributed by atoms with Crippen molar-refractivity contribution < 1.29 is 14.3 Å². The summed E-state index contributed by atoms with van der Waals surface area (Å²) in [6.45, 7) is 7.89. The van der Waals surface area contributed by atoms with E-state index < -0.39 is 6.04 Å². The summed E-state index contributed by atoms with van der Waals surface area (Å²) in [7, 11) is 0. The fraction of sp³-hybridized carbons (Fsp3) is 0.333. The molecule has 0 spiro atoms. The minimum absolute atomic E-state index is 0.104. The van der Waals surface area contributed by atoms with Crippen molar-refractivity contribution in [2.45, 2.75) is 33.7 Å². The van der Waals surface area contributed by atoms with Gasteiger partial charge in [0, 0.05) is 10.7 Å². The molecule has 2 aromatic rings. The van der Waals surface area contributed by atoms with Crippen molar-refractivity contribution in [1.82, 2.24) is 5.32 Å². The number of carbonyl (C=O) groups excluding carboxylic acids is 2. The highest BCUT2D eigenvalue weighted by atomic mass is 35.5. The third-order valence-electron chi connectivity index (χ3n) is 4.19. The second-order valence-electron chi connectivity index (χ2n) is 6.53. The maximum Gasteiger partial charge on any atom is 0.255 e. The average molecular weight is 389 g/mol. The van der Waals surface area contributed by atoms with Gasteiger partial charge in [0.1, 0.15) is 11.8 Å². The molecule has 0 saturated heterocycles. The molecule has 27 heavy (non-hydrogen) atoms. The summed E-state index contributed by atoms with van der Waals surface area (Å²) in [6.07, 6.45) is 0. The Morgan fingerprint density at radius 2 is 1.81 bits per heavy atom. The Balaban J connectivity index is 2.19. The summed E-state index contributed by atoms with van der Waals surface area (Å²) in [5.41, 5.74) is 1.81. The average Bonchev–Trinajstić information content (AvgIpc) is 2.63. The predicted octanol–water partition coefficient (Wildman–Crippen LogP) is 4.44. The fourth-order valence-electron chi connectivity index (χ4n) is 2.64. The lowest BCUT2D eigenvalue weighted by Gasteiger charge is -2.23. The maximum atomic E-state index is 12.8. The van der Waals surface area contributed by atoms with Gasteiger partial charge in [-0.05, 0) is 49.6 Å². The first-order chi connectivity index (χ1) is 12.8. The third kappa shape index (κ3) is 5.23. The topological polar surface area (TPSA) is 67.4 Å². The highest BCUT2D eigenvalue weighted by Gasteiger charge is 2.26. The zero-order valence-corrected chi connectivity index (χ0v) is 16.8. The number of nitrogens with one attached hydrogen (secondary N) is 2. The van der Waals surface area contributed by atoms with Crippen LogP contribution in [-0.2, 0) is 4.79 Å². The first-order valence-corrected chi connectivity index (χ1v) is 9.31. The smallest absolute Gasteiger partial charge is 0.255 e. The summed E-state index contributed by atoms with van der Waals surface area (Å²) < 4.78 is 5.51. The van der Waals surface area contributed by atoms with Crippen LogP contribution in [0.1, 0.15) is 36.7 Å². The molecule has 0 saturated carbocycles. The molecule has 1 atom stereocenters. The SMILES string of the molecule is CCOc1ccccc1C(=O)N[C@H](C(=O)Nc1cccc(Cl)c1C)C(C)C. The van der Waals surface area contributed by atoms with Gasteiger partial charge < -0.3 is 15.4 Å². The van der Waals surface area contributed by atoms with Crippen molar-refractivity contribution >= 4 is 29.1 Å². The van der Waals surface area contributed by atoms with Crippen LogP contribution in [0.5, 0.6) is 5.75 Å².